The molecule has 3 N–H and O–H groups in total. The number of nitrogens with two attached hydrogens (primary N) is 1. The molecular weight excluding hydrogens is 244 g/mol. The second-order valence-corrected chi connectivity index (χ2v) is 4.37. The first-order valence-electron chi connectivity index (χ1n) is 6.01. The predicted molar refractivity (Wildman–Crippen MR) is 72.1 cm³/mol. The van der Waals surface area contributed by atoms with E-state index in [0.717, 1.165) is 22.2 Å². The lowest BCUT2D eigenvalue weighted by Gasteiger charge is -2.11. The van der Waals surface area contributed by atoms with Crippen molar-refractivity contribution in [2.75, 3.05) is 7.11 Å². The molecule has 1 atom stereocenters. The molecule has 0 spiro atoms. The Morgan fingerprint density at radius 3 is 2.95 bits per heavy atom. The summed E-state index contributed by atoms with van der Waals surface area (Å²) in [5, 5.41) is 9.59. The number of methoxy groups -OCH3 is 1. The van der Waals surface area contributed by atoms with E-state index < -0.39 is 5.97 Å². The van der Waals surface area contributed by atoms with E-state index in [1.807, 2.05) is 24.3 Å². The fourth-order valence-corrected chi connectivity index (χ4v) is 1.90. The van der Waals surface area contributed by atoms with Gasteiger partial charge in [0.05, 0.1) is 12.6 Å². The van der Waals surface area contributed by atoms with Crippen LogP contribution < -0.4 is 10.5 Å². The number of rotatable bonds is 5. The minimum absolute atomic E-state index is 0.0529. The number of fused-ring (bicyclic) bond motifs is 1. The quantitative estimate of drug-likeness (QED) is 0.860. The predicted octanol–water partition coefficient (Wildman–Crippen LogP) is 2.11. The number of pyridine rings is 1. The van der Waals surface area contributed by atoms with Crippen LogP contribution in [-0.2, 0) is 4.79 Å². The van der Waals surface area contributed by atoms with E-state index in [1.165, 1.54) is 0 Å². The molecule has 0 aliphatic carbocycles. The van der Waals surface area contributed by atoms with Gasteiger partial charge in [0.25, 0.3) is 0 Å². The highest BCUT2D eigenvalue weighted by atomic mass is 16.5. The molecule has 0 saturated carbocycles. The van der Waals surface area contributed by atoms with E-state index in [2.05, 4.69) is 4.98 Å². The Kier molecular flexibility index (Phi) is 3.97. The van der Waals surface area contributed by atoms with E-state index >= 15 is 0 Å². The Balaban J connectivity index is 2.26. The van der Waals surface area contributed by atoms with Gasteiger partial charge in [-0.15, -0.1) is 0 Å². The van der Waals surface area contributed by atoms with Crippen LogP contribution in [0, 0.1) is 0 Å². The normalized spacial score (nSPS) is 12.3. The number of aliphatic carboxylic acids is 1. The molecule has 0 fully saturated rings. The second kappa shape index (κ2) is 5.67. The molecule has 0 bridgehead atoms. The van der Waals surface area contributed by atoms with Crippen LogP contribution in [-0.4, -0.2) is 23.2 Å². The molecule has 1 aromatic heterocycles. The van der Waals surface area contributed by atoms with Gasteiger partial charge in [-0.3, -0.25) is 9.78 Å². The molecule has 5 heteroatoms. The van der Waals surface area contributed by atoms with E-state index in [9.17, 15) is 4.79 Å². The molecular formula is C14H16N2O3. The van der Waals surface area contributed by atoms with Crippen LogP contribution in [0.4, 0.5) is 0 Å². The summed E-state index contributed by atoms with van der Waals surface area (Å²) in [5.74, 6) is -0.0866. The van der Waals surface area contributed by atoms with Crippen molar-refractivity contribution in [2.45, 2.75) is 18.9 Å². The first kappa shape index (κ1) is 13.3. The maximum atomic E-state index is 10.5. The van der Waals surface area contributed by atoms with Crippen LogP contribution in [0.15, 0.2) is 30.5 Å². The molecule has 5 nitrogen and oxygen atoms in total. The molecule has 1 unspecified atom stereocenters. The fourth-order valence-electron chi connectivity index (χ4n) is 1.90. The fraction of sp³-hybridized carbons (Fsp3) is 0.286. The SMILES string of the molecule is COc1ccc2ncc(C(N)CCC(=O)O)cc2c1. The van der Waals surface area contributed by atoms with E-state index in [1.54, 1.807) is 13.3 Å². The number of carboxylic acid groups (broad SMARTS) is 1. The summed E-state index contributed by atoms with van der Waals surface area (Å²) in [4.78, 5) is 14.9. The average Bonchev–Trinajstić information content (AvgIpc) is 2.43. The van der Waals surface area contributed by atoms with Gasteiger partial charge in [-0.1, -0.05) is 0 Å². The number of carbonyl (C=O) groups is 1. The van der Waals surface area contributed by atoms with Crippen LogP contribution in [0.5, 0.6) is 5.75 Å². The summed E-state index contributed by atoms with van der Waals surface area (Å²) in [6.45, 7) is 0. The molecule has 1 aromatic carbocycles. The van der Waals surface area contributed by atoms with Gasteiger partial charge in [-0.2, -0.15) is 0 Å². The van der Waals surface area contributed by atoms with E-state index in [4.69, 9.17) is 15.6 Å². The molecule has 19 heavy (non-hydrogen) atoms. The van der Waals surface area contributed by atoms with Crippen molar-refractivity contribution in [1.82, 2.24) is 4.98 Å². The number of hydrogen-bond acceptors (Lipinski definition) is 4. The van der Waals surface area contributed by atoms with Crippen LogP contribution in [0.2, 0.25) is 0 Å². The van der Waals surface area contributed by atoms with Crippen molar-refractivity contribution in [3.05, 3.63) is 36.0 Å². The molecule has 2 rings (SSSR count). The molecule has 100 valence electrons. The van der Waals surface area contributed by atoms with Crippen LogP contribution in [0.1, 0.15) is 24.4 Å². The second-order valence-electron chi connectivity index (χ2n) is 4.37. The summed E-state index contributed by atoms with van der Waals surface area (Å²) in [6.07, 6.45) is 2.14. The van der Waals surface area contributed by atoms with Crippen molar-refractivity contribution in [3.8, 4) is 5.75 Å². The minimum atomic E-state index is -0.842. The van der Waals surface area contributed by atoms with Gasteiger partial charge >= 0.3 is 5.97 Å². The highest BCUT2D eigenvalue weighted by molar-refractivity contribution is 5.80. The van der Waals surface area contributed by atoms with Crippen LogP contribution >= 0.6 is 0 Å². The maximum absolute atomic E-state index is 10.5. The number of benzene rings is 1. The Morgan fingerprint density at radius 2 is 2.26 bits per heavy atom. The first-order chi connectivity index (χ1) is 9.10. The summed E-state index contributed by atoms with van der Waals surface area (Å²) >= 11 is 0. The molecule has 0 saturated heterocycles. The summed E-state index contributed by atoms with van der Waals surface area (Å²) < 4.78 is 5.16. The highest BCUT2D eigenvalue weighted by Crippen LogP contribution is 2.23. The molecule has 1 heterocycles. The topological polar surface area (TPSA) is 85.4 Å². The van der Waals surface area contributed by atoms with Gasteiger partial charge in [-0.05, 0) is 36.2 Å². The van der Waals surface area contributed by atoms with E-state index in [-0.39, 0.29) is 12.5 Å². The lowest BCUT2D eigenvalue weighted by atomic mass is 10.0. The van der Waals surface area contributed by atoms with E-state index in [0.29, 0.717) is 6.42 Å². The Hall–Kier alpha value is -2.14. The number of hydrogen-bond donors (Lipinski definition) is 2. The zero-order chi connectivity index (χ0) is 13.8. The number of aromatic nitrogens is 1. The number of nitrogens with zero attached hydrogens (tertiary/aromatic N) is 1. The Bertz CT molecular complexity index is 598. The summed E-state index contributed by atoms with van der Waals surface area (Å²) in [6, 6.07) is 7.21. The first-order valence-corrected chi connectivity index (χ1v) is 6.01. The molecule has 0 radical (unpaired) electrons. The van der Waals surface area contributed by atoms with Crippen molar-refractivity contribution < 1.29 is 14.6 Å². The molecule has 0 aliphatic heterocycles. The lowest BCUT2D eigenvalue weighted by Crippen LogP contribution is -2.12. The van der Waals surface area contributed by atoms with Crippen molar-refractivity contribution in [3.63, 3.8) is 0 Å². The van der Waals surface area contributed by atoms with Gasteiger partial charge < -0.3 is 15.6 Å². The van der Waals surface area contributed by atoms with Gasteiger partial charge in [0.1, 0.15) is 5.75 Å². The van der Waals surface area contributed by atoms with Gasteiger partial charge in [0.2, 0.25) is 0 Å². The Labute approximate surface area is 111 Å². The average molecular weight is 260 g/mol. The molecule has 2 aromatic rings. The van der Waals surface area contributed by atoms with Crippen LogP contribution in [0.25, 0.3) is 10.9 Å². The summed E-state index contributed by atoms with van der Waals surface area (Å²) in [7, 11) is 1.61. The van der Waals surface area contributed by atoms with Gasteiger partial charge in [0.15, 0.2) is 0 Å². The van der Waals surface area contributed by atoms with Crippen molar-refractivity contribution in [2.24, 2.45) is 5.73 Å². The third kappa shape index (κ3) is 3.20. The third-order valence-electron chi connectivity index (χ3n) is 3.01. The van der Waals surface area contributed by atoms with Crippen molar-refractivity contribution >= 4 is 16.9 Å². The lowest BCUT2D eigenvalue weighted by molar-refractivity contribution is -0.137. The minimum Gasteiger partial charge on any atom is -0.497 e. The van der Waals surface area contributed by atoms with Gasteiger partial charge in [0, 0.05) is 24.0 Å². The number of ether oxygens (including phenoxy) is 1. The van der Waals surface area contributed by atoms with Gasteiger partial charge in [-0.25, -0.2) is 0 Å². The van der Waals surface area contributed by atoms with Crippen molar-refractivity contribution in [1.29, 1.82) is 0 Å². The standard InChI is InChI=1S/C14H16N2O3/c1-19-11-2-4-13-9(7-11)6-10(8-16-13)12(15)3-5-14(17)18/h2,4,6-8,12H,3,5,15H2,1H3,(H,17,18). The summed E-state index contributed by atoms with van der Waals surface area (Å²) in [5.41, 5.74) is 7.66. The number of carboxylic acids is 1. The zero-order valence-electron chi connectivity index (χ0n) is 10.7. The maximum Gasteiger partial charge on any atom is 0.303 e. The largest absolute Gasteiger partial charge is 0.497 e. The smallest absolute Gasteiger partial charge is 0.303 e. The third-order valence-corrected chi connectivity index (χ3v) is 3.01. The molecule has 0 aliphatic rings. The highest BCUT2D eigenvalue weighted by Gasteiger charge is 2.10. The monoisotopic (exact) mass is 260 g/mol. The van der Waals surface area contributed by atoms with Crippen LogP contribution in [0.3, 0.4) is 0 Å². The zero-order valence-corrected chi connectivity index (χ0v) is 10.7. The Morgan fingerprint density at radius 1 is 1.47 bits per heavy atom. The molecule has 0 amide bonds.